The van der Waals surface area contributed by atoms with Gasteiger partial charge in [0.2, 0.25) is 0 Å². The van der Waals surface area contributed by atoms with Gasteiger partial charge in [-0.1, -0.05) is 6.07 Å². The summed E-state index contributed by atoms with van der Waals surface area (Å²) in [7, 11) is 0. The third kappa shape index (κ3) is 3.02. The Labute approximate surface area is 140 Å². The lowest BCUT2D eigenvalue weighted by atomic mass is 9.98. The van der Waals surface area contributed by atoms with E-state index < -0.39 is 9.85 Å². The molecule has 1 aliphatic heterocycles. The van der Waals surface area contributed by atoms with Crippen molar-refractivity contribution in [3.8, 4) is 0 Å². The van der Waals surface area contributed by atoms with E-state index in [0.717, 1.165) is 29.8 Å². The van der Waals surface area contributed by atoms with Gasteiger partial charge in [0, 0.05) is 41.8 Å². The molecule has 0 atom stereocenters. The smallest absolute Gasteiger partial charge is 0.270 e. The monoisotopic (exact) mass is 377 g/mol. The van der Waals surface area contributed by atoms with Crippen LogP contribution in [0.5, 0.6) is 0 Å². The Morgan fingerprint density at radius 3 is 2.26 bits per heavy atom. The lowest BCUT2D eigenvalue weighted by molar-refractivity contribution is -0.385. The van der Waals surface area contributed by atoms with Crippen LogP contribution in [-0.4, -0.2) is 16.4 Å². The lowest BCUT2D eigenvalue weighted by Crippen LogP contribution is -2.30. The molecule has 8 heteroatoms. The normalized spacial score (nSPS) is 13.5. The van der Waals surface area contributed by atoms with Crippen LogP contribution in [-0.2, 0) is 13.0 Å². The summed E-state index contributed by atoms with van der Waals surface area (Å²) in [4.78, 5) is 22.9. The summed E-state index contributed by atoms with van der Waals surface area (Å²) < 4.78 is 0.639. The Morgan fingerprint density at radius 1 is 0.957 bits per heavy atom. The number of benzene rings is 2. The van der Waals surface area contributed by atoms with Crippen LogP contribution in [0.1, 0.15) is 11.1 Å². The summed E-state index contributed by atoms with van der Waals surface area (Å²) in [6.07, 6.45) is 0.775. The predicted molar refractivity (Wildman–Crippen MR) is 88.6 cm³/mol. The quantitative estimate of drug-likeness (QED) is 0.598. The van der Waals surface area contributed by atoms with Crippen molar-refractivity contribution in [3.63, 3.8) is 0 Å². The number of anilines is 1. The fraction of sp³-hybridized carbons (Fsp3) is 0.200. The SMILES string of the molecule is O=[N+]([O-])c1ccc(N2CCc3ccc([N+](=O)[O-])cc3C2)c(Br)c1. The molecule has 7 nitrogen and oxygen atoms in total. The maximum absolute atomic E-state index is 10.9. The molecule has 0 saturated heterocycles. The van der Waals surface area contributed by atoms with Gasteiger partial charge in [0.05, 0.1) is 15.5 Å². The third-order valence-corrected chi connectivity index (χ3v) is 4.53. The molecular formula is C15H12BrN3O4. The first-order valence-electron chi connectivity index (χ1n) is 6.91. The van der Waals surface area contributed by atoms with E-state index in [4.69, 9.17) is 0 Å². The zero-order valence-electron chi connectivity index (χ0n) is 11.9. The lowest BCUT2D eigenvalue weighted by Gasteiger charge is -2.31. The molecule has 0 radical (unpaired) electrons. The maximum Gasteiger partial charge on any atom is 0.270 e. The van der Waals surface area contributed by atoms with Gasteiger partial charge >= 0.3 is 0 Å². The Kier molecular flexibility index (Phi) is 3.99. The van der Waals surface area contributed by atoms with Crippen LogP contribution in [0.15, 0.2) is 40.9 Å². The van der Waals surface area contributed by atoms with Gasteiger partial charge in [-0.15, -0.1) is 0 Å². The van der Waals surface area contributed by atoms with E-state index in [1.54, 1.807) is 18.2 Å². The molecule has 2 aromatic carbocycles. The maximum atomic E-state index is 10.9. The highest BCUT2D eigenvalue weighted by atomic mass is 79.9. The van der Waals surface area contributed by atoms with E-state index in [1.807, 2.05) is 0 Å². The molecule has 2 aromatic rings. The second-order valence-corrected chi connectivity index (χ2v) is 6.13. The molecule has 0 saturated carbocycles. The van der Waals surface area contributed by atoms with Gasteiger partial charge in [0.25, 0.3) is 11.4 Å². The number of nitro benzene ring substituents is 2. The summed E-state index contributed by atoms with van der Waals surface area (Å²) in [6, 6.07) is 9.55. The standard InChI is InChI=1S/C15H12BrN3O4/c16-14-8-13(19(22)23)3-4-15(14)17-6-5-10-1-2-12(18(20)21)7-11(10)9-17/h1-4,7-8H,5-6,9H2. The van der Waals surface area contributed by atoms with Crippen molar-refractivity contribution in [1.82, 2.24) is 0 Å². The molecule has 1 heterocycles. The number of halogens is 1. The Hall–Kier alpha value is -2.48. The van der Waals surface area contributed by atoms with Crippen LogP contribution in [0.25, 0.3) is 0 Å². The van der Waals surface area contributed by atoms with Gasteiger partial charge in [0.1, 0.15) is 0 Å². The van der Waals surface area contributed by atoms with Crippen molar-refractivity contribution in [2.24, 2.45) is 0 Å². The van der Waals surface area contributed by atoms with E-state index in [1.165, 1.54) is 18.2 Å². The van der Waals surface area contributed by atoms with Crippen LogP contribution < -0.4 is 4.90 Å². The minimum Gasteiger partial charge on any atom is -0.366 e. The number of nitrogens with zero attached hydrogens (tertiary/aromatic N) is 3. The first-order chi connectivity index (χ1) is 11.0. The third-order valence-electron chi connectivity index (χ3n) is 3.90. The summed E-state index contributed by atoms with van der Waals surface area (Å²) in [6.45, 7) is 1.29. The van der Waals surface area contributed by atoms with Gasteiger partial charge in [-0.25, -0.2) is 0 Å². The molecule has 118 valence electrons. The molecule has 0 unspecified atom stereocenters. The minimum atomic E-state index is -0.441. The van der Waals surface area contributed by atoms with Crippen LogP contribution in [0.2, 0.25) is 0 Å². The second-order valence-electron chi connectivity index (χ2n) is 5.27. The highest BCUT2D eigenvalue weighted by molar-refractivity contribution is 9.10. The fourth-order valence-corrected chi connectivity index (χ4v) is 3.35. The number of hydrogen-bond donors (Lipinski definition) is 0. The molecular weight excluding hydrogens is 366 g/mol. The fourth-order valence-electron chi connectivity index (χ4n) is 2.73. The number of fused-ring (bicyclic) bond motifs is 1. The number of hydrogen-bond acceptors (Lipinski definition) is 5. The van der Waals surface area contributed by atoms with E-state index in [9.17, 15) is 20.2 Å². The van der Waals surface area contributed by atoms with E-state index in [0.29, 0.717) is 11.0 Å². The largest absolute Gasteiger partial charge is 0.366 e. The summed E-state index contributed by atoms with van der Waals surface area (Å²) >= 11 is 3.37. The van der Waals surface area contributed by atoms with E-state index >= 15 is 0 Å². The highest BCUT2D eigenvalue weighted by Gasteiger charge is 2.21. The Morgan fingerprint density at radius 2 is 1.61 bits per heavy atom. The molecule has 0 aromatic heterocycles. The number of nitro groups is 2. The molecule has 3 rings (SSSR count). The van der Waals surface area contributed by atoms with Gasteiger partial charge < -0.3 is 4.90 Å². The average molecular weight is 378 g/mol. The van der Waals surface area contributed by atoms with Crippen LogP contribution in [0, 0.1) is 20.2 Å². The van der Waals surface area contributed by atoms with Crippen molar-refractivity contribution < 1.29 is 9.85 Å². The highest BCUT2D eigenvalue weighted by Crippen LogP contribution is 2.34. The van der Waals surface area contributed by atoms with Gasteiger partial charge in [-0.05, 0) is 39.5 Å². The van der Waals surface area contributed by atoms with Gasteiger partial charge in [-0.2, -0.15) is 0 Å². The molecule has 1 aliphatic rings. The van der Waals surface area contributed by atoms with E-state index in [-0.39, 0.29) is 11.4 Å². The first kappa shape index (κ1) is 15.4. The minimum absolute atomic E-state index is 0.0219. The topological polar surface area (TPSA) is 89.5 Å². The zero-order valence-corrected chi connectivity index (χ0v) is 13.5. The average Bonchev–Trinajstić information content (AvgIpc) is 2.53. The molecule has 0 amide bonds. The molecule has 0 spiro atoms. The van der Waals surface area contributed by atoms with Crippen LogP contribution >= 0.6 is 15.9 Å². The van der Waals surface area contributed by atoms with Gasteiger partial charge in [0.15, 0.2) is 0 Å². The predicted octanol–water partition coefficient (Wildman–Crippen LogP) is 3.83. The van der Waals surface area contributed by atoms with Crippen LogP contribution in [0.3, 0.4) is 0 Å². The summed E-state index contributed by atoms with van der Waals surface area (Å²) in [5, 5.41) is 21.7. The Bertz CT molecular complexity index is 809. The van der Waals surface area contributed by atoms with Crippen molar-refractivity contribution >= 4 is 33.0 Å². The molecule has 0 N–H and O–H groups in total. The van der Waals surface area contributed by atoms with Crippen molar-refractivity contribution in [2.75, 3.05) is 11.4 Å². The second kappa shape index (κ2) is 5.96. The van der Waals surface area contributed by atoms with Crippen molar-refractivity contribution in [3.05, 3.63) is 72.2 Å². The molecule has 0 bridgehead atoms. The van der Waals surface area contributed by atoms with Crippen molar-refractivity contribution in [1.29, 1.82) is 0 Å². The summed E-state index contributed by atoms with van der Waals surface area (Å²) in [5.41, 5.74) is 2.95. The van der Waals surface area contributed by atoms with Crippen molar-refractivity contribution in [2.45, 2.75) is 13.0 Å². The number of non-ortho nitro benzene ring substituents is 2. The Balaban J connectivity index is 1.91. The molecule has 0 aliphatic carbocycles. The molecule has 0 fully saturated rings. The van der Waals surface area contributed by atoms with Crippen LogP contribution in [0.4, 0.5) is 17.1 Å². The zero-order chi connectivity index (χ0) is 16.6. The number of rotatable bonds is 3. The molecule has 23 heavy (non-hydrogen) atoms. The van der Waals surface area contributed by atoms with Gasteiger partial charge in [-0.3, -0.25) is 20.2 Å². The van der Waals surface area contributed by atoms with E-state index in [2.05, 4.69) is 20.8 Å². The summed E-state index contributed by atoms with van der Waals surface area (Å²) in [5.74, 6) is 0. The first-order valence-corrected chi connectivity index (χ1v) is 7.70.